The van der Waals surface area contributed by atoms with E-state index in [0.29, 0.717) is 0 Å². The van der Waals surface area contributed by atoms with Gasteiger partial charge in [-0.25, -0.2) is 0 Å². The molecule has 0 radical (unpaired) electrons. The van der Waals surface area contributed by atoms with Crippen molar-refractivity contribution in [2.75, 3.05) is 4.81 Å². The Labute approximate surface area is 375 Å². The Hall–Kier alpha value is -5.80. The number of rotatable bonds is 1. The van der Waals surface area contributed by atoms with E-state index in [1.54, 1.807) is 0 Å². The van der Waals surface area contributed by atoms with Crippen LogP contribution in [0.4, 0.5) is 11.4 Å². The lowest BCUT2D eigenvalue weighted by Gasteiger charge is -2.43. The van der Waals surface area contributed by atoms with Crippen molar-refractivity contribution in [3.63, 3.8) is 0 Å². The lowest BCUT2D eigenvalue weighted by molar-refractivity contribution is 0.584. The predicted octanol–water partition coefficient (Wildman–Crippen LogP) is 14.5. The molecular formula is C60H59BN2. The number of nitrogens with zero attached hydrogens (tertiary/aromatic N) is 2. The Morgan fingerprint density at radius 2 is 1.08 bits per heavy atom. The number of anilines is 2. The average Bonchev–Trinajstić information content (AvgIpc) is 3.78. The molecule has 0 unspecified atom stereocenters. The summed E-state index contributed by atoms with van der Waals surface area (Å²) in [4.78, 5) is 2.73. The van der Waals surface area contributed by atoms with E-state index in [1.165, 1.54) is 122 Å². The molecule has 0 amide bonds. The van der Waals surface area contributed by atoms with E-state index in [4.69, 9.17) is 0 Å². The molecule has 8 aromatic rings. The molecule has 0 N–H and O–H groups in total. The third kappa shape index (κ3) is 5.03. The van der Waals surface area contributed by atoms with Gasteiger partial charge in [0, 0.05) is 44.2 Å². The van der Waals surface area contributed by atoms with Crippen molar-refractivity contribution in [3.8, 4) is 39.1 Å². The molecule has 0 saturated carbocycles. The van der Waals surface area contributed by atoms with E-state index in [9.17, 15) is 0 Å². The minimum absolute atomic E-state index is 0.0205. The molecule has 3 heterocycles. The number of benzene rings is 7. The van der Waals surface area contributed by atoms with Crippen LogP contribution in [0.2, 0.25) is 0 Å². The highest BCUT2D eigenvalue weighted by molar-refractivity contribution is 6.93. The zero-order valence-corrected chi connectivity index (χ0v) is 39.5. The van der Waals surface area contributed by atoms with Crippen LogP contribution < -0.4 is 15.7 Å². The molecule has 0 spiro atoms. The third-order valence-electron chi connectivity index (χ3n) is 15.9. The normalized spacial score (nSPS) is 16.2. The van der Waals surface area contributed by atoms with Gasteiger partial charge in [0.2, 0.25) is 0 Å². The van der Waals surface area contributed by atoms with Gasteiger partial charge < -0.3 is 9.38 Å². The Balaban J connectivity index is 1.23. The molecule has 312 valence electrons. The van der Waals surface area contributed by atoms with Gasteiger partial charge in [-0.3, -0.25) is 0 Å². The summed E-state index contributed by atoms with van der Waals surface area (Å²) in [7, 11) is 0. The van der Waals surface area contributed by atoms with Crippen LogP contribution in [-0.4, -0.2) is 11.4 Å². The molecule has 0 saturated heterocycles. The molecule has 63 heavy (non-hydrogen) atoms. The summed E-state index contributed by atoms with van der Waals surface area (Å²) >= 11 is 0. The summed E-state index contributed by atoms with van der Waals surface area (Å²) in [5.74, 6) is 0. The Kier molecular flexibility index (Phi) is 7.43. The highest BCUT2D eigenvalue weighted by Gasteiger charge is 2.47. The van der Waals surface area contributed by atoms with Gasteiger partial charge in [0.25, 0.3) is 0 Å². The first-order chi connectivity index (χ1) is 29.7. The smallest absolute Gasteiger partial charge is 0.333 e. The van der Waals surface area contributed by atoms with Gasteiger partial charge >= 0.3 is 6.85 Å². The van der Waals surface area contributed by atoms with Crippen molar-refractivity contribution in [1.29, 1.82) is 0 Å². The van der Waals surface area contributed by atoms with E-state index in [0.717, 1.165) is 0 Å². The summed E-state index contributed by atoms with van der Waals surface area (Å²) in [5, 5.41) is 2.72. The third-order valence-corrected chi connectivity index (χ3v) is 15.9. The van der Waals surface area contributed by atoms with Crippen LogP contribution in [0.3, 0.4) is 0 Å². The summed E-state index contributed by atoms with van der Waals surface area (Å²) < 4.78 is 2.65. The number of hydrogen-bond acceptors (Lipinski definition) is 1. The first-order valence-electron chi connectivity index (χ1n) is 23.3. The van der Waals surface area contributed by atoms with E-state index in [1.807, 2.05) is 0 Å². The quantitative estimate of drug-likeness (QED) is 0.150. The van der Waals surface area contributed by atoms with Crippen molar-refractivity contribution < 1.29 is 0 Å². The van der Waals surface area contributed by atoms with Gasteiger partial charge in [0.05, 0.1) is 11.0 Å². The van der Waals surface area contributed by atoms with Gasteiger partial charge in [-0.15, -0.1) is 0 Å². The van der Waals surface area contributed by atoms with E-state index in [-0.39, 0.29) is 33.9 Å². The standard InChI is InChI=1S/C60H59BN2/c1-56(2,3)34-18-22-37(23-19-34)63-51-33-47-42(38-24-20-35(57(4,5)6)30-46(38)60(47,12)13)32-43(51)39-25-26-41-53-50(29-27-45-52(53)40-16-14-15-17-44(40)59(45,10)11)62-49-28-21-36(58(7,8)9)31-48(49)61(63)54(39)55(41)62/h14-33H,1-13H3. The molecule has 12 rings (SSSR count). The first-order valence-corrected chi connectivity index (χ1v) is 23.3. The second kappa shape index (κ2) is 12.1. The molecule has 2 nitrogen and oxygen atoms in total. The fourth-order valence-electron chi connectivity index (χ4n) is 12.2. The van der Waals surface area contributed by atoms with Crippen LogP contribution in [0.25, 0.3) is 60.9 Å². The Morgan fingerprint density at radius 3 is 1.79 bits per heavy atom. The maximum atomic E-state index is 2.73. The van der Waals surface area contributed by atoms with E-state index in [2.05, 4.69) is 221 Å². The zero-order valence-electron chi connectivity index (χ0n) is 39.5. The summed E-state index contributed by atoms with van der Waals surface area (Å²) in [6, 6.07) is 48.4. The zero-order chi connectivity index (χ0) is 44.1. The molecule has 2 aliphatic heterocycles. The number of hydrogen-bond donors (Lipinski definition) is 0. The molecule has 0 fully saturated rings. The van der Waals surface area contributed by atoms with E-state index < -0.39 is 0 Å². The first kappa shape index (κ1) is 38.8. The monoisotopic (exact) mass is 818 g/mol. The van der Waals surface area contributed by atoms with Gasteiger partial charge in [-0.05, 0) is 130 Å². The fourth-order valence-corrected chi connectivity index (χ4v) is 12.2. The molecule has 0 atom stereocenters. The lowest BCUT2D eigenvalue weighted by Crippen LogP contribution is -2.60. The lowest BCUT2D eigenvalue weighted by atomic mass is 9.43. The van der Waals surface area contributed by atoms with Crippen LogP contribution in [0.1, 0.15) is 129 Å². The highest BCUT2D eigenvalue weighted by atomic mass is 15.1. The summed E-state index contributed by atoms with van der Waals surface area (Å²) in [5.41, 5.74) is 27.0. The summed E-state index contributed by atoms with van der Waals surface area (Å²) in [6.45, 7) is 30.7. The van der Waals surface area contributed by atoms with Crippen LogP contribution >= 0.6 is 0 Å². The molecule has 1 aromatic heterocycles. The van der Waals surface area contributed by atoms with Crippen molar-refractivity contribution in [2.24, 2.45) is 0 Å². The van der Waals surface area contributed by atoms with Gasteiger partial charge in [0.15, 0.2) is 0 Å². The van der Waals surface area contributed by atoms with Crippen LogP contribution in [-0.2, 0) is 27.1 Å². The minimum atomic E-state index is -0.159. The molecule has 7 aromatic carbocycles. The van der Waals surface area contributed by atoms with Gasteiger partial charge in [0.1, 0.15) is 0 Å². The Bertz CT molecular complexity index is 3330. The van der Waals surface area contributed by atoms with Crippen LogP contribution in [0.15, 0.2) is 121 Å². The molecular weight excluding hydrogens is 759 g/mol. The van der Waals surface area contributed by atoms with E-state index >= 15 is 0 Å². The predicted molar refractivity (Wildman–Crippen MR) is 271 cm³/mol. The van der Waals surface area contributed by atoms with Crippen molar-refractivity contribution in [1.82, 2.24) is 4.57 Å². The SMILES string of the molecule is CC(C)(C)c1ccc(N2B3c4cc(C(C)(C)C)ccc4-n4c5ccc6c(c5c5ccc(c3c54)-c3cc4c(cc32)C(C)(C)c2cc(C(C)(C)C)ccc2-4)-c2ccccc2C6(C)C)cc1. The number of fused-ring (bicyclic) bond motifs is 15. The molecule has 0 bridgehead atoms. The van der Waals surface area contributed by atoms with Crippen molar-refractivity contribution in [2.45, 2.75) is 117 Å². The second-order valence-corrected chi connectivity index (χ2v) is 23.5. The molecule has 3 heteroatoms. The highest BCUT2D eigenvalue weighted by Crippen LogP contribution is 2.57. The van der Waals surface area contributed by atoms with Crippen LogP contribution in [0.5, 0.6) is 0 Å². The topological polar surface area (TPSA) is 8.17 Å². The number of aromatic nitrogens is 1. The largest absolute Gasteiger partial charge is 0.376 e. The van der Waals surface area contributed by atoms with Crippen molar-refractivity contribution >= 4 is 51.0 Å². The van der Waals surface area contributed by atoms with Crippen LogP contribution in [0, 0.1) is 0 Å². The summed E-state index contributed by atoms with van der Waals surface area (Å²) in [6.07, 6.45) is 0. The van der Waals surface area contributed by atoms with Gasteiger partial charge in [-0.2, -0.15) is 0 Å². The Morgan fingerprint density at radius 1 is 0.460 bits per heavy atom. The fraction of sp³-hybridized carbons (Fsp3) is 0.300. The molecule has 4 aliphatic rings. The second-order valence-electron chi connectivity index (χ2n) is 23.5. The maximum absolute atomic E-state index is 2.73. The van der Waals surface area contributed by atoms with Gasteiger partial charge in [-0.1, -0.05) is 175 Å². The maximum Gasteiger partial charge on any atom is 0.333 e. The average molecular weight is 819 g/mol. The minimum Gasteiger partial charge on any atom is -0.376 e. The van der Waals surface area contributed by atoms with Crippen molar-refractivity contribution in [3.05, 3.63) is 160 Å². The molecule has 2 aliphatic carbocycles.